The summed E-state index contributed by atoms with van der Waals surface area (Å²) in [5.74, 6) is 0.0338. The van der Waals surface area contributed by atoms with Crippen molar-refractivity contribution < 1.29 is 24.2 Å². The Morgan fingerprint density at radius 2 is 1.81 bits per heavy atom. The van der Waals surface area contributed by atoms with Crippen LogP contribution in [0.25, 0.3) is 5.76 Å². The molecule has 2 atom stereocenters. The zero-order valence-electron chi connectivity index (χ0n) is 20.4. The molecule has 1 saturated heterocycles. The maximum absolute atomic E-state index is 13.3. The Morgan fingerprint density at radius 3 is 2.53 bits per heavy atom. The first-order valence-corrected chi connectivity index (χ1v) is 12.3. The summed E-state index contributed by atoms with van der Waals surface area (Å²) in [4.78, 5) is 28.1. The summed E-state index contributed by atoms with van der Waals surface area (Å²) < 4.78 is 11.4. The van der Waals surface area contributed by atoms with E-state index in [1.54, 1.807) is 11.0 Å². The lowest BCUT2D eigenvalue weighted by Gasteiger charge is -2.25. The van der Waals surface area contributed by atoms with E-state index >= 15 is 0 Å². The molecule has 6 heteroatoms. The molecule has 0 spiro atoms. The molecule has 3 aromatic carbocycles. The second kappa shape index (κ2) is 9.90. The number of aliphatic hydroxyl groups is 1. The average Bonchev–Trinajstić information content (AvgIpc) is 3.39. The van der Waals surface area contributed by atoms with Crippen LogP contribution in [0.15, 0.2) is 78.4 Å². The minimum absolute atomic E-state index is 0.0600. The molecule has 6 nitrogen and oxygen atoms in total. The van der Waals surface area contributed by atoms with Crippen molar-refractivity contribution in [3.63, 3.8) is 0 Å². The molecule has 3 aromatic rings. The predicted octanol–water partition coefficient (Wildman–Crippen LogP) is 5.07. The summed E-state index contributed by atoms with van der Waals surface area (Å²) >= 11 is 0. The number of Topliss-reactive ketones (excluding diaryl/α,β-unsaturated/α-hetero) is 1. The van der Waals surface area contributed by atoms with Gasteiger partial charge in [0.15, 0.2) is 0 Å². The average molecular weight is 484 g/mol. The minimum atomic E-state index is -0.701. The van der Waals surface area contributed by atoms with E-state index in [1.807, 2.05) is 80.6 Å². The van der Waals surface area contributed by atoms with Gasteiger partial charge in [-0.2, -0.15) is 0 Å². The van der Waals surface area contributed by atoms with E-state index in [1.165, 1.54) is 0 Å². The van der Waals surface area contributed by atoms with Gasteiger partial charge in [0, 0.05) is 18.5 Å². The van der Waals surface area contributed by atoms with Gasteiger partial charge in [0.05, 0.1) is 18.2 Å². The van der Waals surface area contributed by atoms with Crippen LogP contribution in [0, 0.1) is 0 Å². The van der Waals surface area contributed by atoms with E-state index < -0.39 is 17.7 Å². The zero-order chi connectivity index (χ0) is 25.2. The molecular weight excluding hydrogens is 454 g/mol. The Hall–Kier alpha value is -4.06. The van der Waals surface area contributed by atoms with E-state index in [-0.39, 0.29) is 17.4 Å². The monoisotopic (exact) mass is 483 g/mol. The summed E-state index contributed by atoms with van der Waals surface area (Å²) in [6, 6.07) is 21.9. The Labute approximate surface area is 210 Å². The van der Waals surface area contributed by atoms with E-state index in [9.17, 15) is 14.7 Å². The minimum Gasteiger partial charge on any atom is -0.507 e. The van der Waals surface area contributed by atoms with Crippen LogP contribution in [0.1, 0.15) is 42.1 Å². The number of aliphatic hydroxyl groups excluding tert-OH is 1. The van der Waals surface area contributed by atoms with Crippen LogP contribution >= 0.6 is 0 Å². The van der Waals surface area contributed by atoms with Gasteiger partial charge >= 0.3 is 0 Å². The highest BCUT2D eigenvalue weighted by molar-refractivity contribution is 6.46. The first-order chi connectivity index (χ1) is 17.5. The molecular formula is C30H29NO5. The molecule has 1 fully saturated rings. The number of ketones is 1. The molecule has 2 aliphatic rings. The highest BCUT2D eigenvalue weighted by Crippen LogP contribution is 2.41. The number of fused-ring (bicyclic) bond motifs is 1. The zero-order valence-corrected chi connectivity index (χ0v) is 20.4. The molecule has 184 valence electrons. The molecule has 0 aliphatic carbocycles. The number of hydrogen-bond acceptors (Lipinski definition) is 5. The maximum atomic E-state index is 13.3. The molecule has 0 radical (unpaired) electrons. The second-order valence-electron chi connectivity index (χ2n) is 9.19. The van der Waals surface area contributed by atoms with Crippen molar-refractivity contribution in [1.82, 2.24) is 4.90 Å². The second-order valence-corrected chi connectivity index (χ2v) is 9.19. The van der Waals surface area contributed by atoms with Crippen molar-refractivity contribution in [2.75, 3.05) is 13.2 Å². The van der Waals surface area contributed by atoms with Gasteiger partial charge in [0.1, 0.15) is 23.4 Å². The van der Waals surface area contributed by atoms with Gasteiger partial charge in [-0.1, -0.05) is 42.5 Å². The van der Waals surface area contributed by atoms with Crippen LogP contribution in [0.4, 0.5) is 0 Å². The van der Waals surface area contributed by atoms with Gasteiger partial charge in [0.25, 0.3) is 11.7 Å². The molecule has 1 amide bonds. The third-order valence-corrected chi connectivity index (χ3v) is 6.70. The molecule has 0 saturated carbocycles. The number of rotatable bonds is 7. The number of carbonyl (C=O) groups excluding carboxylic acids is 2. The smallest absolute Gasteiger partial charge is 0.295 e. The predicted molar refractivity (Wildman–Crippen MR) is 137 cm³/mol. The summed E-state index contributed by atoms with van der Waals surface area (Å²) in [6.07, 6.45) is 1.38. The van der Waals surface area contributed by atoms with E-state index in [0.717, 1.165) is 28.9 Å². The molecule has 1 N–H and O–H groups in total. The van der Waals surface area contributed by atoms with Crippen LogP contribution in [0.2, 0.25) is 0 Å². The summed E-state index contributed by atoms with van der Waals surface area (Å²) in [6.45, 7) is 4.78. The van der Waals surface area contributed by atoms with Gasteiger partial charge in [-0.05, 0) is 67.3 Å². The fourth-order valence-corrected chi connectivity index (χ4v) is 4.99. The Bertz CT molecular complexity index is 1310. The Morgan fingerprint density at radius 1 is 1.06 bits per heavy atom. The summed E-state index contributed by atoms with van der Waals surface area (Å²) in [7, 11) is 0. The maximum Gasteiger partial charge on any atom is 0.295 e. The van der Waals surface area contributed by atoms with Crippen LogP contribution in [0.3, 0.4) is 0 Å². The van der Waals surface area contributed by atoms with Crippen LogP contribution < -0.4 is 9.47 Å². The molecule has 36 heavy (non-hydrogen) atoms. The summed E-state index contributed by atoms with van der Waals surface area (Å²) in [5, 5.41) is 11.4. The number of amides is 1. The van der Waals surface area contributed by atoms with Crippen molar-refractivity contribution in [3.05, 3.63) is 101 Å². The number of carbonyl (C=O) groups is 2. The first-order valence-electron chi connectivity index (χ1n) is 12.3. The van der Waals surface area contributed by atoms with Crippen molar-refractivity contribution >= 4 is 17.4 Å². The van der Waals surface area contributed by atoms with E-state index in [4.69, 9.17) is 9.47 Å². The fourth-order valence-electron chi connectivity index (χ4n) is 4.99. The van der Waals surface area contributed by atoms with Crippen LogP contribution in [-0.4, -0.2) is 41.0 Å². The van der Waals surface area contributed by atoms with E-state index in [0.29, 0.717) is 30.9 Å². The fraction of sp³-hybridized carbons (Fsp3) is 0.267. The highest BCUT2D eigenvalue weighted by atomic mass is 16.5. The summed E-state index contributed by atoms with van der Waals surface area (Å²) in [5.41, 5.74) is 3.39. The standard InChI is InChI=1S/C30H29NO5/c1-3-35-24-12-9-21(10-13-24)27-26(28(32)22-11-14-25-23(18-22)17-19(2)36-25)29(33)30(34)31(27)16-15-20-7-5-4-6-8-20/h4-14,18-19,27,32H,3,15-17H2,1-2H3. The van der Waals surface area contributed by atoms with Crippen molar-refractivity contribution in [3.8, 4) is 11.5 Å². The van der Waals surface area contributed by atoms with Crippen molar-refractivity contribution in [2.24, 2.45) is 0 Å². The van der Waals surface area contributed by atoms with Gasteiger partial charge < -0.3 is 19.5 Å². The quantitative estimate of drug-likeness (QED) is 0.288. The lowest BCUT2D eigenvalue weighted by Crippen LogP contribution is -2.31. The highest BCUT2D eigenvalue weighted by Gasteiger charge is 2.46. The van der Waals surface area contributed by atoms with Gasteiger partial charge in [-0.25, -0.2) is 0 Å². The van der Waals surface area contributed by atoms with Crippen molar-refractivity contribution in [2.45, 2.75) is 38.8 Å². The molecule has 0 aromatic heterocycles. The normalized spacial score (nSPS) is 20.3. The Balaban J connectivity index is 1.56. The molecule has 2 unspecified atom stereocenters. The number of nitrogens with zero attached hydrogens (tertiary/aromatic N) is 1. The third kappa shape index (κ3) is 4.47. The topological polar surface area (TPSA) is 76.1 Å². The van der Waals surface area contributed by atoms with Gasteiger partial charge in [-0.3, -0.25) is 9.59 Å². The lowest BCUT2D eigenvalue weighted by molar-refractivity contribution is -0.139. The Kier molecular flexibility index (Phi) is 6.51. The first kappa shape index (κ1) is 23.7. The third-order valence-electron chi connectivity index (χ3n) is 6.70. The number of likely N-dealkylation sites (tertiary alicyclic amines) is 1. The number of ether oxygens (including phenoxy) is 2. The van der Waals surface area contributed by atoms with Crippen LogP contribution in [0.5, 0.6) is 11.5 Å². The lowest BCUT2D eigenvalue weighted by atomic mass is 9.94. The van der Waals surface area contributed by atoms with Gasteiger partial charge in [-0.15, -0.1) is 0 Å². The number of hydrogen-bond donors (Lipinski definition) is 1. The van der Waals surface area contributed by atoms with Gasteiger partial charge in [0.2, 0.25) is 0 Å². The molecule has 5 rings (SSSR count). The molecule has 2 aliphatic heterocycles. The van der Waals surface area contributed by atoms with Crippen molar-refractivity contribution in [1.29, 1.82) is 0 Å². The molecule has 0 bridgehead atoms. The number of benzene rings is 3. The SMILES string of the molecule is CCOc1ccc(C2C(=C(O)c3ccc4c(c3)CC(C)O4)C(=O)C(=O)N2CCc2ccccc2)cc1. The molecule has 2 heterocycles. The largest absolute Gasteiger partial charge is 0.507 e. The van der Waals surface area contributed by atoms with Crippen LogP contribution in [-0.2, 0) is 22.4 Å². The van der Waals surface area contributed by atoms with E-state index in [2.05, 4.69) is 0 Å².